The number of nitriles is 1. The van der Waals surface area contributed by atoms with Crippen molar-refractivity contribution in [2.24, 2.45) is 5.73 Å². The smallest absolute Gasteiger partial charge is 0.244 e. The number of allylic oxidation sites excluding steroid dienone is 1. The molecule has 0 unspecified atom stereocenters. The molecule has 7 heteroatoms. The Morgan fingerprint density at radius 2 is 1.66 bits per heavy atom. The lowest BCUT2D eigenvalue weighted by Crippen LogP contribution is -2.21. The van der Waals surface area contributed by atoms with E-state index in [1.165, 1.54) is 0 Å². The summed E-state index contributed by atoms with van der Waals surface area (Å²) in [6, 6.07) is 27.6. The Balaban J connectivity index is 1.47. The van der Waals surface area contributed by atoms with E-state index in [-0.39, 0.29) is 5.88 Å². The Hall–Kier alpha value is -4.70. The molecular weight excluding hydrogens is 440 g/mol. The van der Waals surface area contributed by atoms with Gasteiger partial charge in [0.15, 0.2) is 0 Å². The van der Waals surface area contributed by atoms with Crippen LogP contribution in [0.2, 0.25) is 0 Å². The zero-order valence-corrected chi connectivity index (χ0v) is 19.2. The van der Waals surface area contributed by atoms with E-state index in [1.54, 1.807) is 0 Å². The van der Waals surface area contributed by atoms with Crippen LogP contribution in [0.25, 0.3) is 11.3 Å². The van der Waals surface area contributed by atoms with E-state index in [9.17, 15) is 5.26 Å². The zero-order valence-electron chi connectivity index (χ0n) is 19.2. The number of ether oxygens (including phenoxy) is 3. The second-order valence-corrected chi connectivity index (χ2v) is 8.04. The maximum atomic E-state index is 9.91. The number of aromatic amines is 1. The number of H-pyrrole nitrogens is 1. The quantitative estimate of drug-likeness (QED) is 0.386. The third kappa shape index (κ3) is 4.42. The first-order valence-corrected chi connectivity index (χ1v) is 11.3. The maximum Gasteiger partial charge on any atom is 0.244 e. The summed E-state index contributed by atoms with van der Waals surface area (Å²) in [4.78, 5) is 0. The average Bonchev–Trinajstić information content (AvgIpc) is 3.31. The van der Waals surface area contributed by atoms with Gasteiger partial charge in [0.2, 0.25) is 11.8 Å². The van der Waals surface area contributed by atoms with E-state index in [0.717, 1.165) is 39.4 Å². The fourth-order valence-electron chi connectivity index (χ4n) is 4.18. The fourth-order valence-corrected chi connectivity index (χ4v) is 4.18. The summed E-state index contributed by atoms with van der Waals surface area (Å²) in [5.41, 5.74) is 10.8. The van der Waals surface area contributed by atoms with Crippen LogP contribution in [0.15, 0.2) is 90.3 Å². The van der Waals surface area contributed by atoms with Crippen LogP contribution in [0.5, 0.6) is 17.4 Å². The van der Waals surface area contributed by atoms with Gasteiger partial charge < -0.3 is 19.9 Å². The highest BCUT2D eigenvalue weighted by molar-refractivity contribution is 5.71. The molecule has 0 saturated carbocycles. The number of hydrogen-bond acceptors (Lipinski definition) is 6. The molecule has 1 atom stereocenters. The highest BCUT2D eigenvalue weighted by Gasteiger charge is 2.35. The minimum absolute atomic E-state index is 0.0570. The van der Waals surface area contributed by atoms with Gasteiger partial charge >= 0.3 is 0 Å². The van der Waals surface area contributed by atoms with E-state index in [1.807, 2.05) is 85.8 Å². The van der Waals surface area contributed by atoms with Gasteiger partial charge in [0.25, 0.3) is 0 Å². The molecule has 3 N–H and O–H groups in total. The summed E-state index contributed by atoms with van der Waals surface area (Å²) in [6.07, 6.45) is 0. The van der Waals surface area contributed by atoms with Crippen LogP contribution in [-0.2, 0) is 6.61 Å². The lowest BCUT2D eigenvalue weighted by molar-refractivity contribution is 0.306. The first-order chi connectivity index (χ1) is 17.2. The van der Waals surface area contributed by atoms with Gasteiger partial charge in [-0.05, 0) is 54.4 Å². The van der Waals surface area contributed by atoms with Crippen LogP contribution in [0, 0.1) is 11.3 Å². The summed E-state index contributed by atoms with van der Waals surface area (Å²) in [7, 11) is 0. The molecule has 0 fully saturated rings. The molecule has 1 aliphatic rings. The molecule has 0 aliphatic carbocycles. The lowest BCUT2D eigenvalue weighted by Gasteiger charge is -2.24. The predicted molar refractivity (Wildman–Crippen MR) is 132 cm³/mol. The molecule has 4 aromatic rings. The van der Waals surface area contributed by atoms with Gasteiger partial charge in [0, 0.05) is 5.56 Å². The number of fused-ring (bicyclic) bond motifs is 1. The first-order valence-electron chi connectivity index (χ1n) is 11.3. The van der Waals surface area contributed by atoms with Crippen molar-refractivity contribution in [3.63, 3.8) is 0 Å². The van der Waals surface area contributed by atoms with Crippen LogP contribution >= 0.6 is 0 Å². The highest BCUT2D eigenvalue weighted by atomic mass is 16.5. The molecule has 0 bridgehead atoms. The standard InChI is InChI=1S/C28H24N4O3/c1-2-33-21-12-8-19(9-13-21)24-23(16-29)27(30)35-28-25(24)26(31-32-28)20-10-14-22(15-11-20)34-17-18-6-4-3-5-7-18/h3-15,24H,2,17,30H2,1H3,(H,31,32)/t24-/m0/s1. The molecule has 0 amide bonds. The SMILES string of the molecule is CCOc1ccc([C@H]2C(C#N)=C(N)Oc3n[nH]c(-c4ccc(OCc5ccccc5)cc4)c32)cc1. The molecule has 5 rings (SSSR count). The van der Waals surface area contributed by atoms with Crippen LogP contribution in [-0.4, -0.2) is 16.8 Å². The molecule has 1 aliphatic heterocycles. The molecular formula is C28H24N4O3. The minimum atomic E-state index is -0.429. The molecule has 3 aromatic carbocycles. The van der Waals surface area contributed by atoms with Crippen molar-refractivity contribution < 1.29 is 14.2 Å². The largest absolute Gasteiger partial charge is 0.494 e. The second-order valence-electron chi connectivity index (χ2n) is 8.04. The molecule has 1 aromatic heterocycles. The van der Waals surface area contributed by atoms with Gasteiger partial charge in [-0.25, -0.2) is 0 Å². The topological polar surface area (TPSA) is 106 Å². The normalized spacial score (nSPS) is 14.6. The number of hydrogen-bond donors (Lipinski definition) is 2. The highest BCUT2D eigenvalue weighted by Crippen LogP contribution is 2.45. The van der Waals surface area contributed by atoms with E-state index < -0.39 is 5.92 Å². The van der Waals surface area contributed by atoms with Crippen LogP contribution in [0.1, 0.15) is 29.5 Å². The van der Waals surface area contributed by atoms with Gasteiger partial charge in [-0.3, -0.25) is 5.10 Å². The summed E-state index contributed by atoms with van der Waals surface area (Å²) in [5.74, 6) is 1.51. The maximum absolute atomic E-state index is 9.91. The monoisotopic (exact) mass is 464 g/mol. The van der Waals surface area contributed by atoms with E-state index in [4.69, 9.17) is 19.9 Å². The Morgan fingerprint density at radius 3 is 2.34 bits per heavy atom. The Bertz CT molecular complexity index is 1390. The van der Waals surface area contributed by atoms with Gasteiger partial charge in [-0.1, -0.05) is 42.5 Å². The summed E-state index contributed by atoms with van der Waals surface area (Å²) >= 11 is 0. The number of aromatic nitrogens is 2. The molecule has 2 heterocycles. The Labute approximate surface area is 203 Å². The summed E-state index contributed by atoms with van der Waals surface area (Å²) in [6.45, 7) is 3.00. The third-order valence-corrected chi connectivity index (χ3v) is 5.85. The average molecular weight is 465 g/mol. The van der Waals surface area contributed by atoms with E-state index >= 15 is 0 Å². The molecule has 174 valence electrons. The van der Waals surface area contributed by atoms with Crippen LogP contribution in [0.4, 0.5) is 0 Å². The zero-order chi connectivity index (χ0) is 24.2. The minimum Gasteiger partial charge on any atom is -0.494 e. The first kappa shape index (κ1) is 22.1. The van der Waals surface area contributed by atoms with Crippen LogP contribution < -0.4 is 19.9 Å². The van der Waals surface area contributed by atoms with Crippen molar-refractivity contribution in [1.82, 2.24) is 10.2 Å². The number of nitrogens with zero attached hydrogens (tertiary/aromatic N) is 2. The summed E-state index contributed by atoms with van der Waals surface area (Å²) in [5, 5.41) is 17.3. The van der Waals surface area contributed by atoms with Crippen molar-refractivity contribution >= 4 is 0 Å². The number of nitrogens with one attached hydrogen (secondary N) is 1. The van der Waals surface area contributed by atoms with Crippen molar-refractivity contribution in [3.05, 3.63) is 107 Å². The Morgan fingerprint density at radius 1 is 0.971 bits per heavy atom. The summed E-state index contributed by atoms with van der Waals surface area (Å²) < 4.78 is 17.2. The van der Waals surface area contributed by atoms with E-state index in [0.29, 0.717) is 24.7 Å². The van der Waals surface area contributed by atoms with Gasteiger partial charge in [-0.2, -0.15) is 5.26 Å². The molecule has 0 spiro atoms. The van der Waals surface area contributed by atoms with Crippen LogP contribution in [0.3, 0.4) is 0 Å². The number of nitrogens with two attached hydrogens (primary N) is 1. The number of rotatable bonds is 7. The molecule has 35 heavy (non-hydrogen) atoms. The third-order valence-electron chi connectivity index (χ3n) is 5.85. The van der Waals surface area contributed by atoms with Gasteiger partial charge in [-0.15, -0.1) is 5.10 Å². The lowest BCUT2D eigenvalue weighted by atomic mass is 9.83. The van der Waals surface area contributed by atoms with Gasteiger partial charge in [0.05, 0.1) is 23.8 Å². The number of benzene rings is 3. The van der Waals surface area contributed by atoms with Gasteiger partial charge in [0.1, 0.15) is 29.7 Å². The van der Waals surface area contributed by atoms with Crippen molar-refractivity contribution in [3.8, 4) is 34.7 Å². The predicted octanol–water partition coefficient (Wildman–Crippen LogP) is 5.27. The van der Waals surface area contributed by atoms with E-state index in [2.05, 4.69) is 16.3 Å². The van der Waals surface area contributed by atoms with Crippen molar-refractivity contribution in [1.29, 1.82) is 5.26 Å². The Kier molecular flexibility index (Phi) is 6.10. The molecule has 0 saturated heterocycles. The fraction of sp³-hybridized carbons (Fsp3) is 0.143. The van der Waals surface area contributed by atoms with Crippen molar-refractivity contribution in [2.45, 2.75) is 19.4 Å². The molecule has 7 nitrogen and oxygen atoms in total. The molecule has 0 radical (unpaired) electrons. The van der Waals surface area contributed by atoms with Crippen molar-refractivity contribution in [2.75, 3.05) is 6.61 Å². The second kappa shape index (κ2) is 9.65.